The van der Waals surface area contributed by atoms with Gasteiger partial charge in [-0.15, -0.1) is 22.9 Å². The van der Waals surface area contributed by atoms with Crippen LogP contribution in [0.3, 0.4) is 0 Å². The highest BCUT2D eigenvalue weighted by atomic mass is 35.5. The summed E-state index contributed by atoms with van der Waals surface area (Å²) in [5.41, 5.74) is -1.46. The number of halogens is 4. The molecule has 4 heterocycles. The topological polar surface area (TPSA) is 147 Å². The second kappa shape index (κ2) is 10.7. The number of ether oxygens (including phenoxy) is 1. The van der Waals surface area contributed by atoms with Gasteiger partial charge in [0.25, 0.3) is 5.56 Å². The van der Waals surface area contributed by atoms with Gasteiger partial charge in [0.2, 0.25) is 5.91 Å². The molecule has 5 rings (SSSR count). The zero-order valence-electron chi connectivity index (χ0n) is 21.0. The number of carboxylic acids is 1. The van der Waals surface area contributed by atoms with Crippen molar-refractivity contribution < 1.29 is 32.6 Å². The van der Waals surface area contributed by atoms with E-state index < -0.39 is 52.3 Å². The molecular formula is C26H19ClF3N5O5S. The number of nitrogens with zero attached hydrogens (tertiary/aromatic N) is 4. The highest BCUT2D eigenvalue weighted by Gasteiger charge is 2.38. The number of hydrogen-bond donors (Lipinski definition) is 2. The number of aromatic carboxylic acids is 1. The molecule has 3 unspecified atom stereocenters. The number of rotatable bonds is 6. The van der Waals surface area contributed by atoms with Gasteiger partial charge in [0.1, 0.15) is 23.5 Å². The molecule has 1 aromatic carbocycles. The van der Waals surface area contributed by atoms with E-state index in [-0.39, 0.29) is 41.9 Å². The third-order valence-electron chi connectivity index (χ3n) is 6.82. The molecule has 1 aliphatic heterocycles. The standard InChI is InChI=1S/C26H19ClF3N5O5S/c1-11-33-18-7-13(26(28,29)30)6-12(9-31)19(18)24(37)35(11)4-5-40-23-15(8-17(27)22(36)34-23)14-2-3-32-20-16(25(38)39)10-41-21(14)20/h2-3,6-7,10,15,17,23H,4-5,8H2,1H3,(H,34,36)(H,38,39). The number of nitriles is 1. The lowest BCUT2D eigenvalue weighted by Crippen LogP contribution is -2.50. The Morgan fingerprint density at radius 1 is 1.37 bits per heavy atom. The molecule has 2 N–H and O–H groups in total. The molecule has 1 amide bonds. The van der Waals surface area contributed by atoms with E-state index in [9.17, 15) is 37.9 Å². The quantitative estimate of drug-likeness (QED) is 0.312. The number of alkyl halides is 4. The van der Waals surface area contributed by atoms with Crippen LogP contribution in [-0.2, 0) is 22.3 Å². The van der Waals surface area contributed by atoms with Crippen LogP contribution in [0.1, 0.15) is 45.2 Å². The summed E-state index contributed by atoms with van der Waals surface area (Å²) in [5.74, 6) is -1.97. The molecule has 0 radical (unpaired) electrons. The van der Waals surface area contributed by atoms with Crippen LogP contribution in [0.4, 0.5) is 13.2 Å². The normalized spacial score (nSPS) is 19.3. The summed E-state index contributed by atoms with van der Waals surface area (Å²) in [6.45, 7) is 1.24. The average Bonchev–Trinajstić information content (AvgIpc) is 3.36. The number of pyridine rings is 1. The average molecular weight is 606 g/mol. The van der Waals surface area contributed by atoms with Gasteiger partial charge in [-0.3, -0.25) is 19.1 Å². The van der Waals surface area contributed by atoms with E-state index in [0.717, 1.165) is 6.07 Å². The van der Waals surface area contributed by atoms with Crippen LogP contribution in [0.25, 0.3) is 21.1 Å². The smallest absolute Gasteiger partial charge is 0.416 e. The first-order chi connectivity index (χ1) is 19.4. The van der Waals surface area contributed by atoms with Crippen LogP contribution in [-0.4, -0.2) is 49.7 Å². The summed E-state index contributed by atoms with van der Waals surface area (Å²) >= 11 is 7.45. The zero-order valence-corrected chi connectivity index (χ0v) is 22.6. The number of thiophene rings is 1. The Labute approximate surface area is 238 Å². The number of carbonyl (C=O) groups is 2. The molecule has 0 saturated carbocycles. The Hall–Kier alpha value is -4.06. The predicted octanol–water partition coefficient (Wildman–Crippen LogP) is 4.16. The van der Waals surface area contributed by atoms with Crippen LogP contribution in [0.5, 0.6) is 0 Å². The summed E-state index contributed by atoms with van der Waals surface area (Å²) in [7, 11) is 0. The molecule has 3 atom stereocenters. The number of hydrogen-bond acceptors (Lipinski definition) is 8. The van der Waals surface area contributed by atoms with Crippen molar-refractivity contribution in [3.8, 4) is 6.07 Å². The van der Waals surface area contributed by atoms with Crippen molar-refractivity contribution in [3.05, 3.63) is 68.2 Å². The van der Waals surface area contributed by atoms with E-state index in [0.29, 0.717) is 21.8 Å². The first-order valence-electron chi connectivity index (χ1n) is 12.1. The first-order valence-corrected chi connectivity index (χ1v) is 13.4. The number of fused-ring (bicyclic) bond motifs is 2. The highest BCUT2D eigenvalue weighted by Crippen LogP contribution is 2.38. The van der Waals surface area contributed by atoms with Crippen molar-refractivity contribution in [2.24, 2.45) is 0 Å². The van der Waals surface area contributed by atoms with Crippen LogP contribution < -0.4 is 10.9 Å². The molecule has 10 nitrogen and oxygen atoms in total. The van der Waals surface area contributed by atoms with Crippen LogP contribution in [0.15, 0.2) is 34.6 Å². The maximum Gasteiger partial charge on any atom is 0.416 e. The Kier molecular flexibility index (Phi) is 7.45. The van der Waals surface area contributed by atoms with Crippen molar-refractivity contribution in [2.75, 3.05) is 6.61 Å². The molecule has 0 bridgehead atoms. The number of benzene rings is 1. The monoisotopic (exact) mass is 605 g/mol. The second-order valence-corrected chi connectivity index (χ2v) is 10.7. The number of aryl methyl sites for hydroxylation is 1. The summed E-state index contributed by atoms with van der Waals surface area (Å²) in [4.78, 5) is 45.6. The third kappa shape index (κ3) is 5.23. The van der Waals surface area contributed by atoms with Gasteiger partial charge in [-0.25, -0.2) is 9.78 Å². The highest BCUT2D eigenvalue weighted by molar-refractivity contribution is 7.17. The SMILES string of the molecule is Cc1nc2cc(C(F)(F)F)cc(C#N)c2c(=O)n1CCOC1NC(=O)C(Cl)CC1c1ccnc2c(C(=O)O)csc12. The fourth-order valence-electron chi connectivity index (χ4n) is 4.87. The molecule has 41 heavy (non-hydrogen) atoms. The lowest BCUT2D eigenvalue weighted by atomic mass is 9.89. The summed E-state index contributed by atoms with van der Waals surface area (Å²) in [6, 6.07) is 4.69. The van der Waals surface area contributed by atoms with E-state index in [2.05, 4.69) is 15.3 Å². The van der Waals surface area contributed by atoms with Gasteiger partial charge in [0, 0.05) is 17.5 Å². The summed E-state index contributed by atoms with van der Waals surface area (Å²) in [5, 5.41) is 22.0. The van der Waals surface area contributed by atoms with Crippen LogP contribution in [0.2, 0.25) is 0 Å². The Morgan fingerprint density at radius 2 is 2.12 bits per heavy atom. The molecule has 4 aromatic rings. The predicted molar refractivity (Wildman–Crippen MR) is 142 cm³/mol. The number of nitrogens with one attached hydrogen (secondary N) is 1. The largest absolute Gasteiger partial charge is 0.478 e. The second-order valence-electron chi connectivity index (χ2n) is 9.29. The van der Waals surface area contributed by atoms with Crippen LogP contribution in [0, 0.1) is 18.3 Å². The van der Waals surface area contributed by atoms with E-state index in [1.54, 1.807) is 12.1 Å². The van der Waals surface area contributed by atoms with Gasteiger partial charge >= 0.3 is 12.1 Å². The maximum absolute atomic E-state index is 13.3. The molecule has 0 aliphatic carbocycles. The fourth-order valence-corrected chi connectivity index (χ4v) is 6.20. The molecule has 1 aliphatic rings. The lowest BCUT2D eigenvalue weighted by molar-refractivity contribution is -0.137. The van der Waals surface area contributed by atoms with E-state index in [1.165, 1.54) is 34.4 Å². The Morgan fingerprint density at radius 3 is 2.80 bits per heavy atom. The zero-order chi connectivity index (χ0) is 29.6. The number of carbonyl (C=O) groups excluding carboxylic acids is 1. The molecule has 0 spiro atoms. The minimum atomic E-state index is -4.72. The molecule has 3 aromatic heterocycles. The van der Waals surface area contributed by atoms with Gasteiger partial charge < -0.3 is 15.2 Å². The summed E-state index contributed by atoms with van der Waals surface area (Å²) < 4.78 is 47.6. The van der Waals surface area contributed by atoms with Crippen LogP contribution >= 0.6 is 22.9 Å². The number of carboxylic acid groups (broad SMARTS) is 1. The van der Waals surface area contributed by atoms with Crippen molar-refractivity contribution >= 4 is 55.9 Å². The van der Waals surface area contributed by atoms with Gasteiger partial charge in [0.15, 0.2) is 0 Å². The molecule has 212 valence electrons. The first kappa shape index (κ1) is 28.5. The van der Waals surface area contributed by atoms with Gasteiger partial charge in [-0.1, -0.05) is 0 Å². The van der Waals surface area contributed by atoms with Crippen molar-refractivity contribution in [3.63, 3.8) is 0 Å². The Balaban J connectivity index is 1.44. The Bertz CT molecular complexity index is 1820. The van der Waals surface area contributed by atoms with E-state index >= 15 is 0 Å². The number of aromatic nitrogens is 3. The minimum absolute atomic E-state index is 0.0457. The molecular weight excluding hydrogens is 587 g/mol. The lowest BCUT2D eigenvalue weighted by Gasteiger charge is -2.34. The van der Waals surface area contributed by atoms with Crippen molar-refractivity contribution in [2.45, 2.75) is 43.6 Å². The number of piperidine rings is 1. The van der Waals surface area contributed by atoms with E-state index in [4.69, 9.17) is 16.3 Å². The van der Waals surface area contributed by atoms with Gasteiger partial charge in [0.05, 0.1) is 51.0 Å². The van der Waals surface area contributed by atoms with Gasteiger partial charge in [-0.2, -0.15) is 18.4 Å². The maximum atomic E-state index is 13.3. The van der Waals surface area contributed by atoms with Crippen molar-refractivity contribution in [1.82, 2.24) is 19.9 Å². The van der Waals surface area contributed by atoms with Gasteiger partial charge in [-0.05, 0) is 37.1 Å². The summed E-state index contributed by atoms with van der Waals surface area (Å²) in [6.07, 6.45) is -3.97. The number of amides is 1. The minimum Gasteiger partial charge on any atom is -0.478 e. The van der Waals surface area contributed by atoms with Crippen molar-refractivity contribution in [1.29, 1.82) is 5.26 Å². The van der Waals surface area contributed by atoms with E-state index in [1.807, 2.05) is 0 Å². The third-order valence-corrected chi connectivity index (χ3v) is 8.21. The molecule has 1 fully saturated rings. The molecule has 15 heteroatoms. The fraction of sp³-hybridized carbons (Fsp3) is 0.308. The molecule has 1 saturated heterocycles.